The van der Waals surface area contributed by atoms with Gasteiger partial charge in [0.1, 0.15) is 0 Å². The van der Waals surface area contributed by atoms with Gasteiger partial charge in [0, 0.05) is 66.9 Å². The van der Waals surface area contributed by atoms with E-state index in [0.29, 0.717) is 36.1 Å². The highest BCUT2D eigenvalue weighted by Gasteiger charge is 2.35. The number of anilines is 4. The molecule has 0 bridgehead atoms. The standard InChI is InChI=1S/C29H30F3N7O/c1-19-7-9-22(17-25(19)37-28-34-13-11-24(36-28)21-6-5-12-33-18-21)35-27(40)20-8-10-26(23(16-20)29(30,31)32)39(4)15-14-38(2)3/h5-13,16-18H,14-15H2,1-4H3,(H,35,40)(H,34,36,37). The largest absolute Gasteiger partial charge is 0.418 e. The first-order valence-corrected chi connectivity index (χ1v) is 12.5. The van der Waals surface area contributed by atoms with Crippen molar-refractivity contribution in [2.24, 2.45) is 0 Å². The van der Waals surface area contributed by atoms with Gasteiger partial charge >= 0.3 is 6.18 Å². The van der Waals surface area contributed by atoms with Crippen molar-refractivity contribution in [2.45, 2.75) is 13.1 Å². The molecule has 0 fully saturated rings. The molecule has 208 valence electrons. The van der Waals surface area contributed by atoms with Crippen LogP contribution in [0.2, 0.25) is 0 Å². The highest BCUT2D eigenvalue weighted by molar-refractivity contribution is 6.05. The van der Waals surface area contributed by atoms with Gasteiger partial charge in [-0.15, -0.1) is 0 Å². The molecular formula is C29H30F3N7O. The highest BCUT2D eigenvalue weighted by atomic mass is 19.4. The second kappa shape index (κ2) is 12.1. The Kier molecular flexibility index (Phi) is 8.64. The number of pyridine rings is 1. The van der Waals surface area contributed by atoms with Crippen molar-refractivity contribution < 1.29 is 18.0 Å². The van der Waals surface area contributed by atoms with Crippen LogP contribution in [0.15, 0.2) is 73.2 Å². The minimum absolute atomic E-state index is 0.0150. The Morgan fingerprint density at radius 1 is 0.975 bits per heavy atom. The second-order valence-corrected chi connectivity index (χ2v) is 9.57. The molecular weight excluding hydrogens is 519 g/mol. The Bertz CT molecular complexity index is 1480. The minimum atomic E-state index is -4.62. The van der Waals surface area contributed by atoms with Crippen molar-refractivity contribution in [3.8, 4) is 11.3 Å². The Labute approximate surface area is 230 Å². The average Bonchev–Trinajstić information content (AvgIpc) is 2.93. The van der Waals surface area contributed by atoms with Crippen molar-refractivity contribution >= 4 is 28.9 Å². The van der Waals surface area contributed by atoms with E-state index in [2.05, 4.69) is 25.6 Å². The molecule has 2 heterocycles. The molecule has 11 heteroatoms. The summed E-state index contributed by atoms with van der Waals surface area (Å²) in [5.41, 5.74) is 2.47. The van der Waals surface area contributed by atoms with Crippen LogP contribution in [0.4, 0.5) is 36.2 Å². The van der Waals surface area contributed by atoms with E-state index in [1.54, 1.807) is 49.9 Å². The molecule has 0 aliphatic heterocycles. The summed E-state index contributed by atoms with van der Waals surface area (Å²) in [5, 5.41) is 5.85. The van der Waals surface area contributed by atoms with E-state index in [-0.39, 0.29) is 11.3 Å². The van der Waals surface area contributed by atoms with Gasteiger partial charge in [-0.1, -0.05) is 6.07 Å². The third-order valence-electron chi connectivity index (χ3n) is 6.21. The molecule has 0 atom stereocenters. The number of nitrogens with zero attached hydrogens (tertiary/aromatic N) is 5. The number of alkyl halides is 3. The predicted molar refractivity (Wildman–Crippen MR) is 151 cm³/mol. The second-order valence-electron chi connectivity index (χ2n) is 9.57. The molecule has 0 unspecified atom stereocenters. The monoisotopic (exact) mass is 549 g/mol. The predicted octanol–water partition coefficient (Wildman–Crippen LogP) is 5.86. The van der Waals surface area contributed by atoms with Gasteiger partial charge in [-0.3, -0.25) is 9.78 Å². The molecule has 2 aromatic heterocycles. The van der Waals surface area contributed by atoms with Gasteiger partial charge < -0.3 is 20.4 Å². The minimum Gasteiger partial charge on any atom is -0.373 e. The van der Waals surface area contributed by atoms with Crippen molar-refractivity contribution in [3.63, 3.8) is 0 Å². The number of aromatic nitrogens is 3. The van der Waals surface area contributed by atoms with Crippen molar-refractivity contribution in [3.05, 3.63) is 89.9 Å². The Morgan fingerprint density at radius 3 is 2.48 bits per heavy atom. The van der Waals surface area contributed by atoms with Gasteiger partial charge in [-0.25, -0.2) is 9.97 Å². The summed E-state index contributed by atoms with van der Waals surface area (Å²) in [7, 11) is 5.31. The van der Waals surface area contributed by atoms with Crippen LogP contribution in [0.5, 0.6) is 0 Å². The number of carbonyl (C=O) groups excluding carboxylic acids is 1. The van der Waals surface area contributed by atoms with Gasteiger partial charge in [0.2, 0.25) is 5.95 Å². The fraction of sp³-hybridized carbons (Fsp3) is 0.241. The van der Waals surface area contributed by atoms with Gasteiger partial charge in [0.15, 0.2) is 0 Å². The molecule has 8 nitrogen and oxygen atoms in total. The van der Waals surface area contributed by atoms with Crippen molar-refractivity contribution in [1.82, 2.24) is 19.9 Å². The van der Waals surface area contributed by atoms with E-state index < -0.39 is 17.6 Å². The molecule has 40 heavy (non-hydrogen) atoms. The van der Waals surface area contributed by atoms with Crippen LogP contribution in [-0.4, -0.2) is 60.0 Å². The maximum Gasteiger partial charge on any atom is 0.418 e. The first-order valence-electron chi connectivity index (χ1n) is 12.5. The first kappa shape index (κ1) is 28.5. The van der Waals surface area contributed by atoms with Crippen LogP contribution < -0.4 is 15.5 Å². The van der Waals surface area contributed by atoms with Gasteiger partial charge in [0.05, 0.1) is 11.3 Å². The fourth-order valence-electron chi connectivity index (χ4n) is 3.96. The molecule has 1 amide bonds. The fourth-order valence-corrected chi connectivity index (χ4v) is 3.96. The molecule has 0 spiro atoms. The zero-order chi connectivity index (χ0) is 28.9. The Balaban J connectivity index is 1.54. The van der Waals surface area contributed by atoms with E-state index in [1.807, 2.05) is 38.1 Å². The maximum absolute atomic E-state index is 13.9. The van der Waals surface area contributed by atoms with Crippen molar-refractivity contribution in [2.75, 3.05) is 49.8 Å². The Morgan fingerprint density at radius 2 is 1.77 bits per heavy atom. The average molecular weight is 550 g/mol. The summed E-state index contributed by atoms with van der Waals surface area (Å²) in [6.07, 6.45) is 0.379. The third-order valence-corrected chi connectivity index (χ3v) is 6.21. The molecule has 2 aromatic carbocycles. The lowest BCUT2D eigenvalue weighted by molar-refractivity contribution is -0.137. The summed E-state index contributed by atoms with van der Waals surface area (Å²) in [4.78, 5) is 29.3. The number of halogens is 3. The molecule has 0 saturated heterocycles. The molecule has 4 rings (SSSR count). The number of amides is 1. The van der Waals surface area contributed by atoms with Crippen LogP contribution in [-0.2, 0) is 6.18 Å². The van der Waals surface area contributed by atoms with E-state index in [1.165, 1.54) is 17.0 Å². The summed E-state index contributed by atoms with van der Waals surface area (Å²) in [6, 6.07) is 14.2. The van der Waals surface area contributed by atoms with Crippen LogP contribution in [0, 0.1) is 6.92 Å². The number of aryl methyl sites for hydroxylation is 1. The van der Waals surface area contributed by atoms with E-state index >= 15 is 0 Å². The van der Waals surface area contributed by atoms with E-state index in [0.717, 1.165) is 17.2 Å². The number of hydrogen-bond acceptors (Lipinski definition) is 7. The SMILES string of the molecule is Cc1ccc(NC(=O)c2ccc(N(C)CCN(C)C)c(C(F)(F)F)c2)cc1Nc1nccc(-c2cccnc2)n1. The summed E-state index contributed by atoms with van der Waals surface area (Å²) in [6.45, 7) is 2.86. The van der Waals surface area contributed by atoms with Crippen LogP contribution >= 0.6 is 0 Å². The number of benzene rings is 2. The lowest BCUT2D eigenvalue weighted by Gasteiger charge is -2.25. The van der Waals surface area contributed by atoms with E-state index in [4.69, 9.17) is 0 Å². The number of carbonyl (C=O) groups is 1. The zero-order valence-corrected chi connectivity index (χ0v) is 22.6. The lowest BCUT2D eigenvalue weighted by Crippen LogP contribution is -2.30. The molecule has 0 aliphatic rings. The Hall–Kier alpha value is -4.51. The van der Waals surface area contributed by atoms with Crippen LogP contribution in [0.3, 0.4) is 0 Å². The van der Waals surface area contributed by atoms with Crippen LogP contribution in [0.1, 0.15) is 21.5 Å². The van der Waals surface area contributed by atoms with Gasteiger partial charge in [-0.2, -0.15) is 13.2 Å². The third kappa shape index (κ3) is 7.11. The zero-order valence-electron chi connectivity index (χ0n) is 22.6. The van der Waals surface area contributed by atoms with Crippen molar-refractivity contribution in [1.29, 1.82) is 0 Å². The lowest BCUT2D eigenvalue weighted by atomic mass is 10.1. The summed E-state index contributed by atoms with van der Waals surface area (Å²) >= 11 is 0. The summed E-state index contributed by atoms with van der Waals surface area (Å²) < 4.78 is 41.8. The van der Waals surface area contributed by atoms with E-state index in [9.17, 15) is 18.0 Å². The first-order chi connectivity index (χ1) is 19.0. The topological polar surface area (TPSA) is 86.3 Å². The highest BCUT2D eigenvalue weighted by Crippen LogP contribution is 2.37. The van der Waals surface area contributed by atoms with Gasteiger partial charge in [-0.05, 0) is 75.1 Å². The molecule has 0 aliphatic carbocycles. The van der Waals surface area contributed by atoms with Crippen LogP contribution in [0.25, 0.3) is 11.3 Å². The summed E-state index contributed by atoms with van der Waals surface area (Å²) in [5.74, 6) is -0.311. The number of hydrogen-bond donors (Lipinski definition) is 2. The number of likely N-dealkylation sites (N-methyl/N-ethyl adjacent to an activating group) is 2. The molecule has 0 saturated carbocycles. The number of rotatable bonds is 9. The quantitative estimate of drug-likeness (QED) is 0.271. The van der Waals surface area contributed by atoms with Gasteiger partial charge in [0.25, 0.3) is 5.91 Å². The maximum atomic E-state index is 13.9. The molecule has 2 N–H and O–H groups in total. The normalized spacial score (nSPS) is 11.4. The number of nitrogens with one attached hydrogen (secondary N) is 2. The molecule has 0 radical (unpaired) electrons. The molecule has 4 aromatic rings. The smallest absolute Gasteiger partial charge is 0.373 e.